The molecule has 7 heteroatoms. The molecule has 94 valence electrons. The minimum Gasteiger partial charge on any atom is -0.379 e. The first-order chi connectivity index (χ1) is 7.79. The number of nitro benzene ring substituents is 1. The van der Waals surface area contributed by atoms with Crippen LogP contribution in [0.1, 0.15) is 12.0 Å². The molecule has 0 saturated carbocycles. The van der Waals surface area contributed by atoms with Gasteiger partial charge in [-0.25, -0.2) is 0 Å². The van der Waals surface area contributed by atoms with E-state index in [2.05, 4.69) is 5.32 Å². The molecule has 0 aliphatic carbocycles. The summed E-state index contributed by atoms with van der Waals surface area (Å²) in [7, 11) is 0. The highest BCUT2D eigenvalue weighted by molar-refractivity contribution is 5.62. The van der Waals surface area contributed by atoms with Crippen LogP contribution in [0, 0.1) is 17.0 Å². The van der Waals surface area contributed by atoms with Gasteiger partial charge in [0.1, 0.15) is 5.69 Å². The van der Waals surface area contributed by atoms with Gasteiger partial charge in [-0.15, -0.1) is 0 Å². The van der Waals surface area contributed by atoms with Gasteiger partial charge in [0.05, 0.1) is 11.3 Å². The predicted octanol–water partition coefficient (Wildman–Crippen LogP) is 3.27. The number of nitro groups is 1. The van der Waals surface area contributed by atoms with Gasteiger partial charge in [-0.2, -0.15) is 13.2 Å². The van der Waals surface area contributed by atoms with Gasteiger partial charge in [-0.3, -0.25) is 10.1 Å². The van der Waals surface area contributed by atoms with E-state index in [4.69, 9.17) is 0 Å². The lowest BCUT2D eigenvalue weighted by molar-refractivity contribution is -0.384. The number of nitrogens with zero attached hydrogens (tertiary/aromatic N) is 1. The third-order valence-electron chi connectivity index (χ3n) is 2.07. The second-order valence-electron chi connectivity index (χ2n) is 3.57. The molecule has 0 saturated heterocycles. The standard InChI is InChI=1S/C10H11F3N2O2/c1-7-2-3-8(9(6-7)15(16)17)14-5-4-10(11,12)13/h2-3,6,14H,4-5H2,1H3. The maximum absolute atomic E-state index is 11.9. The number of nitrogens with one attached hydrogen (secondary N) is 1. The summed E-state index contributed by atoms with van der Waals surface area (Å²) in [6.07, 6.45) is -5.30. The fourth-order valence-corrected chi connectivity index (χ4v) is 1.28. The second kappa shape index (κ2) is 5.03. The van der Waals surface area contributed by atoms with Gasteiger partial charge in [0.25, 0.3) is 5.69 Å². The molecule has 0 aliphatic heterocycles. The van der Waals surface area contributed by atoms with Crippen molar-refractivity contribution in [2.75, 3.05) is 11.9 Å². The van der Waals surface area contributed by atoms with Crippen molar-refractivity contribution in [3.8, 4) is 0 Å². The summed E-state index contributed by atoms with van der Waals surface area (Å²) in [6.45, 7) is 1.29. The van der Waals surface area contributed by atoms with E-state index in [0.29, 0.717) is 5.56 Å². The van der Waals surface area contributed by atoms with Gasteiger partial charge in [0, 0.05) is 12.6 Å². The number of anilines is 1. The quantitative estimate of drug-likeness (QED) is 0.657. The van der Waals surface area contributed by atoms with Crippen LogP contribution in [-0.2, 0) is 0 Å². The molecule has 0 aromatic heterocycles. The first-order valence-corrected chi connectivity index (χ1v) is 4.85. The summed E-state index contributed by atoms with van der Waals surface area (Å²) in [5, 5.41) is 13.1. The highest BCUT2D eigenvalue weighted by Gasteiger charge is 2.26. The van der Waals surface area contributed by atoms with Crippen molar-refractivity contribution < 1.29 is 18.1 Å². The van der Waals surface area contributed by atoms with E-state index < -0.39 is 17.5 Å². The van der Waals surface area contributed by atoms with Crippen LogP contribution in [0.2, 0.25) is 0 Å². The summed E-state index contributed by atoms with van der Waals surface area (Å²) in [6, 6.07) is 4.32. The number of halogens is 3. The fraction of sp³-hybridized carbons (Fsp3) is 0.400. The predicted molar refractivity (Wildman–Crippen MR) is 57.0 cm³/mol. The zero-order chi connectivity index (χ0) is 13.1. The number of alkyl halides is 3. The molecule has 0 spiro atoms. The minimum absolute atomic E-state index is 0.102. The highest BCUT2D eigenvalue weighted by atomic mass is 19.4. The Morgan fingerprint density at radius 1 is 1.41 bits per heavy atom. The van der Waals surface area contributed by atoms with Crippen LogP contribution in [0.3, 0.4) is 0 Å². The van der Waals surface area contributed by atoms with Gasteiger partial charge in [0.15, 0.2) is 0 Å². The Kier molecular flexibility index (Phi) is 3.93. The van der Waals surface area contributed by atoms with Crippen molar-refractivity contribution in [2.24, 2.45) is 0 Å². The molecule has 0 radical (unpaired) electrons. The maximum Gasteiger partial charge on any atom is 0.390 e. The van der Waals surface area contributed by atoms with Crippen LogP contribution in [0.5, 0.6) is 0 Å². The Hall–Kier alpha value is -1.79. The van der Waals surface area contributed by atoms with E-state index in [0.717, 1.165) is 0 Å². The molecule has 17 heavy (non-hydrogen) atoms. The van der Waals surface area contributed by atoms with Crippen molar-refractivity contribution in [2.45, 2.75) is 19.5 Å². The second-order valence-corrected chi connectivity index (χ2v) is 3.57. The summed E-state index contributed by atoms with van der Waals surface area (Å²) in [4.78, 5) is 10.1. The monoisotopic (exact) mass is 248 g/mol. The molecule has 0 unspecified atom stereocenters. The van der Waals surface area contributed by atoms with Gasteiger partial charge in [0.2, 0.25) is 0 Å². The minimum atomic E-state index is -4.27. The van der Waals surface area contributed by atoms with Crippen LogP contribution in [0.4, 0.5) is 24.5 Å². The molecule has 4 nitrogen and oxygen atoms in total. The zero-order valence-electron chi connectivity index (χ0n) is 9.04. The van der Waals surface area contributed by atoms with E-state index in [1.807, 2.05) is 0 Å². The van der Waals surface area contributed by atoms with Crippen LogP contribution in [0.15, 0.2) is 18.2 Å². The van der Waals surface area contributed by atoms with E-state index >= 15 is 0 Å². The molecular weight excluding hydrogens is 237 g/mol. The summed E-state index contributed by atoms with van der Waals surface area (Å²) in [5.41, 5.74) is 0.565. The Balaban J connectivity index is 2.74. The average Bonchev–Trinajstić information content (AvgIpc) is 2.18. The Labute approximate surface area is 95.6 Å². The third kappa shape index (κ3) is 4.29. The van der Waals surface area contributed by atoms with E-state index in [9.17, 15) is 23.3 Å². The van der Waals surface area contributed by atoms with Crippen molar-refractivity contribution in [1.29, 1.82) is 0 Å². The van der Waals surface area contributed by atoms with Crippen LogP contribution < -0.4 is 5.32 Å². The molecule has 0 aliphatic rings. The summed E-state index contributed by atoms with van der Waals surface area (Å²) >= 11 is 0. The van der Waals surface area contributed by atoms with Gasteiger partial charge < -0.3 is 5.32 Å². The smallest absolute Gasteiger partial charge is 0.379 e. The largest absolute Gasteiger partial charge is 0.390 e. The van der Waals surface area contributed by atoms with E-state index in [-0.39, 0.29) is 17.9 Å². The lowest BCUT2D eigenvalue weighted by atomic mass is 10.2. The van der Waals surface area contributed by atoms with E-state index in [1.54, 1.807) is 13.0 Å². The normalized spacial score (nSPS) is 11.3. The number of benzene rings is 1. The highest BCUT2D eigenvalue weighted by Crippen LogP contribution is 2.26. The molecule has 1 aromatic rings. The number of aryl methyl sites for hydroxylation is 1. The zero-order valence-corrected chi connectivity index (χ0v) is 9.04. The Bertz CT molecular complexity index is 419. The molecule has 0 amide bonds. The Morgan fingerprint density at radius 3 is 2.59 bits per heavy atom. The van der Waals surface area contributed by atoms with Gasteiger partial charge in [-0.05, 0) is 18.6 Å². The van der Waals surface area contributed by atoms with Gasteiger partial charge in [-0.1, -0.05) is 6.07 Å². The number of hydrogen-bond donors (Lipinski definition) is 1. The molecular formula is C10H11F3N2O2. The lowest BCUT2D eigenvalue weighted by Crippen LogP contribution is -2.15. The molecule has 0 atom stereocenters. The number of rotatable bonds is 4. The van der Waals surface area contributed by atoms with Crippen LogP contribution >= 0.6 is 0 Å². The molecule has 1 aromatic carbocycles. The third-order valence-corrected chi connectivity index (χ3v) is 2.07. The molecule has 1 N–H and O–H groups in total. The topological polar surface area (TPSA) is 55.2 Å². The van der Waals surface area contributed by atoms with Crippen molar-refractivity contribution in [3.05, 3.63) is 33.9 Å². The summed E-state index contributed by atoms with van der Waals surface area (Å²) in [5.74, 6) is 0. The van der Waals surface area contributed by atoms with Crippen molar-refractivity contribution in [3.63, 3.8) is 0 Å². The van der Waals surface area contributed by atoms with Crippen molar-refractivity contribution >= 4 is 11.4 Å². The van der Waals surface area contributed by atoms with Crippen LogP contribution in [0.25, 0.3) is 0 Å². The Morgan fingerprint density at radius 2 is 2.06 bits per heavy atom. The van der Waals surface area contributed by atoms with Crippen molar-refractivity contribution in [1.82, 2.24) is 0 Å². The molecule has 0 heterocycles. The first kappa shape index (κ1) is 13.3. The average molecular weight is 248 g/mol. The first-order valence-electron chi connectivity index (χ1n) is 4.85. The van der Waals surface area contributed by atoms with Gasteiger partial charge >= 0.3 is 6.18 Å². The van der Waals surface area contributed by atoms with E-state index in [1.165, 1.54) is 12.1 Å². The number of hydrogen-bond acceptors (Lipinski definition) is 3. The SMILES string of the molecule is Cc1ccc(NCCC(F)(F)F)c([N+](=O)[O-])c1. The molecule has 0 bridgehead atoms. The van der Waals surface area contributed by atoms with Crippen LogP contribution in [-0.4, -0.2) is 17.6 Å². The molecule has 0 fully saturated rings. The maximum atomic E-state index is 11.9. The molecule has 1 rings (SSSR count). The lowest BCUT2D eigenvalue weighted by Gasteiger charge is -2.09. The fourth-order valence-electron chi connectivity index (χ4n) is 1.28. The summed E-state index contributed by atoms with van der Waals surface area (Å²) < 4.78 is 35.7.